The van der Waals surface area contributed by atoms with Crippen LogP contribution in [0.4, 0.5) is 5.82 Å². The number of carbonyl (C=O) groups excluding carboxylic acids is 2. The first-order valence-electron chi connectivity index (χ1n) is 11.7. The SMILES string of the molecule is Cc1cc(N2CCN(C(=O)C3CC(=O)N(Cc4ccccc4)C3)CC2)nc2c(C)cccc12. The highest BCUT2D eigenvalue weighted by atomic mass is 16.2. The van der Waals surface area contributed by atoms with Crippen LogP contribution in [0, 0.1) is 19.8 Å². The van der Waals surface area contributed by atoms with Gasteiger partial charge in [-0.1, -0.05) is 48.5 Å². The van der Waals surface area contributed by atoms with Gasteiger partial charge in [-0.05, 0) is 36.6 Å². The van der Waals surface area contributed by atoms with Gasteiger partial charge < -0.3 is 14.7 Å². The van der Waals surface area contributed by atoms with Crippen LogP contribution in [0.3, 0.4) is 0 Å². The fourth-order valence-corrected chi connectivity index (χ4v) is 5.01. The van der Waals surface area contributed by atoms with Crippen molar-refractivity contribution >= 4 is 28.5 Å². The molecular weight excluding hydrogens is 412 g/mol. The molecule has 2 aliphatic heterocycles. The molecule has 6 heteroatoms. The number of anilines is 1. The van der Waals surface area contributed by atoms with Crippen molar-refractivity contribution in [1.82, 2.24) is 14.8 Å². The van der Waals surface area contributed by atoms with E-state index in [1.54, 1.807) is 0 Å². The van der Waals surface area contributed by atoms with Gasteiger partial charge in [-0.3, -0.25) is 9.59 Å². The maximum atomic E-state index is 13.2. The molecule has 2 aromatic carbocycles. The minimum Gasteiger partial charge on any atom is -0.353 e. The van der Waals surface area contributed by atoms with Crippen molar-refractivity contribution in [2.24, 2.45) is 5.92 Å². The van der Waals surface area contributed by atoms with Crippen molar-refractivity contribution in [2.45, 2.75) is 26.8 Å². The zero-order chi connectivity index (χ0) is 22.9. The summed E-state index contributed by atoms with van der Waals surface area (Å²) >= 11 is 0. The number of hydrogen-bond acceptors (Lipinski definition) is 4. The van der Waals surface area contributed by atoms with Crippen molar-refractivity contribution in [3.63, 3.8) is 0 Å². The van der Waals surface area contributed by atoms with E-state index < -0.39 is 0 Å². The maximum absolute atomic E-state index is 13.2. The van der Waals surface area contributed by atoms with Gasteiger partial charge in [0.05, 0.1) is 11.4 Å². The van der Waals surface area contributed by atoms with Crippen molar-refractivity contribution in [3.05, 3.63) is 71.3 Å². The molecule has 1 aromatic heterocycles. The standard InChI is InChI=1S/C27H30N4O2/c1-19-7-6-10-23-20(2)15-24(28-26(19)23)29-11-13-30(14-12-29)27(33)22-16-25(32)31(18-22)17-21-8-4-3-5-9-21/h3-10,15,22H,11-14,16-18H2,1-2H3. The van der Waals surface area contributed by atoms with Crippen molar-refractivity contribution in [3.8, 4) is 0 Å². The number of amides is 2. The molecule has 1 atom stereocenters. The van der Waals surface area contributed by atoms with Gasteiger partial charge in [-0.2, -0.15) is 0 Å². The van der Waals surface area contributed by atoms with Gasteiger partial charge in [-0.25, -0.2) is 4.98 Å². The van der Waals surface area contributed by atoms with E-state index in [0.29, 0.717) is 32.6 Å². The predicted octanol–water partition coefficient (Wildman–Crippen LogP) is 3.55. The molecule has 0 bridgehead atoms. The van der Waals surface area contributed by atoms with Crippen LogP contribution in [-0.2, 0) is 16.1 Å². The van der Waals surface area contributed by atoms with Crippen molar-refractivity contribution in [2.75, 3.05) is 37.6 Å². The summed E-state index contributed by atoms with van der Waals surface area (Å²) in [6.07, 6.45) is 0.316. The van der Waals surface area contributed by atoms with Crippen LogP contribution in [0.25, 0.3) is 10.9 Å². The molecule has 3 aromatic rings. The number of benzene rings is 2. The molecule has 2 amide bonds. The molecule has 3 heterocycles. The molecule has 2 saturated heterocycles. The molecular formula is C27H30N4O2. The van der Waals surface area contributed by atoms with Crippen LogP contribution >= 0.6 is 0 Å². The molecule has 0 radical (unpaired) electrons. The number of aryl methyl sites for hydroxylation is 2. The monoisotopic (exact) mass is 442 g/mol. The van der Waals surface area contributed by atoms with Gasteiger partial charge in [0.1, 0.15) is 5.82 Å². The zero-order valence-electron chi connectivity index (χ0n) is 19.3. The minimum atomic E-state index is -0.239. The van der Waals surface area contributed by atoms with Gasteiger partial charge in [-0.15, -0.1) is 0 Å². The lowest BCUT2D eigenvalue weighted by molar-refractivity contribution is -0.136. The van der Waals surface area contributed by atoms with Gasteiger partial charge in [0.25, 0.3) is 0 Å². The highest BCUT2D eigenvalue weighted by molar-refractivity contribution is 5.89. The first-order valence-corrected chi connectivity index (χ1v) is 11.7. The lowest BCUT2D eigenvalue weighted by Gasteiger charge is -2.36. The minimum absolute atomic E-state index is 0.0713. The lowest BCUT2D eigenvalue weighted by Crippen LogP contribution is -2.51. The molecule has 170 valence electrons. The number of fused-ring (bicyclic) bond motifs is 1. The molecule has 2 aliphatic rings. The van der Waals surface area contributed by atoms with Crippen LogP contribution in [0.1, 0.15) is 23.1 Å². The third-order valence-corrected chi connectivity index (χ3v) is 6.93. The summed E-state index contributed by atoms with van der Waals surface area (Å²) < 4.78 is 0. The Bertz CT molecular complexity index is 1190. The molecule has 0 N–H and O–H groups in total. The first-order chi connectivity index (χ1) is 16.0. The van der Waals surface area contributed by atoms with Crippen LogP contribution in [-0.4, -0.2) is 59.3 Å². The number of piperazine rings is 1. The van der Waals surface area contributed by atoms with Gasteiger partial charge in [0, 0.05) is 51.1 Å². The van der Waals surface area contributed by atoms with Crippen LogP contribution in [0.5, 0.6) is 0 Å². The number of aromatic nitrogens is 1. The summed E-state index contributed by atoms with van der Waals surface area (Å²) in [5.74, 6) is 0.919. The van der Waals surface area contributed by atoms with E-state index in [4.69, 9.17) is 4.98 Å². The van der Waals surface area contributed by atoms with Gasteiger partial charge in [0.15, 0.2) is 0 Å². The summed E-state index contributed by atoms with van der Waals surface area (Å²) in [4.78, 5) is 36.6. The highest BCUT2D eigenvalue weighted by Crippen LogP contribution is 2.27. The number of carbonyl (C=O) groups is 2. The van der Waals surface area contributed by atoms with E-state index in [1.165, 1.54) is 16.5 Å². The third kappa shape index (κ3) is 4.30. The normalized spacial score (nSPS) is 18.9. The van der Waals surface area contributed by atoms with Crippen LogP contribution < -0.4 is 4.90 Å². The lowest BCUT2D eigenvalue weighted by atomic mass is 10.1. The Labute approximate surface area is 194 Å². The zero-order valence-corrected chi connectivity index (χ0v) is 19.3. The van der Waals surface area contributed by atoms with E-state index in [0.717, 1.165) is 30.0 Å². The Balaban J connectivity index is 1.22. The predicted molar refractivity (Wildman–Crippen MR) is 130 cm³/mol. The van der Waals surface area contributed by atoms with Gasteiger partial charge in [0.2, 0.25) is 11.8 Å². The van der Waals surface area contributed by atoms with E-state index >= 15 is 0 Å². The Morgan fingerprint density at radius 3 is 2.48 bits per heavy atom. The van der Waals surface area contributed by atoms with E-state index in [-0.39, 0.29) is 17.7 Å². The second-order valence-corrected chi connectivity index (χ2v) is 9.24. The smallest absolute Gasteiger partial charge is 0.228 e. The number of nitrogens with zero attached hydrogens (tertiary/aromatic N) is 4. The molecule has 33 heavy (non-hydrogen) atoms. The van der Waals surface area contributed by atoms with E-state index in [9.17, 15) is 9.59 Å². The fraction of sp³-hybridized carbons (Fsp3) is 0.370. The van der Waals surface area contributed by atoms with Crippen molar-refractivity contribution < 1.29 is 9.59 Å². The summed E-state index contributed by atoms with van der Waals surface area (Å²) in [5, 5.41) is 1.19. The quantitative estimate of drug-likeness (QED) is 0.620. The average molecular weight is 443 g/mol. The maximum Gasteiger partial charge on any atom is 0.228 e. The van der Waals surface area contributed by atoms with E-state index in [1.807, 2.05) is 40.1 Å². The topological polar surface area (TPSA) is 56.8 Å². The Morgan fingerprint density at radius 1 is 0.970 bits per heavy atom. The Hall–Kier alpha value is -3.41. The number of hydrogen-bond donors (Lipinski definition) is 0. The fourth-order valence-electron chi connectivity index (χ4n) is 5.01. The van der Waals surface area contributed by atoms with Crippen LogP contribution in [0.15, 0.2) is 54.6 Å². The second kappa shape index (κ2) is 8.85. The molecule has 0 saturated carbocycles. The first kappa shape index (κ1) is 21.4. The third-order valence-electron chi connectivity index (χ3n) is 6.93. The summed E-state index contributed by atoms with van der Waals surface area (Å²) in [6, 6.07) is 18.4. The molecule has 5 rings (SSSR count). The Morgan fingerprint density at radius 2 is 1.73 bits per heavy atom. The highest BCUT2D eigenvalue weighted by Gasteiger charge is 2.37. The molecule has 0 aliphatic carbocycles. The second-order valence-electron chi connectivity index (χ2n) is 9.24. The van der Waals surface area contributed by atoms with E-state index in [2.05, 4.69) is 43.0 Å². The Kier molecular flexibility index (Phi) is 5.75. The molecule has 0 spiro atoms. The number of pyridine rings is 1. The number of rotatable bonds is 4. The average Bonchev–Trinajstić information content (AvgIpc) is 3.20. The number of para-hydroxylation sites is 1. The summed E-state index contributed by atoms with van der Waals surface area (Å²) in [6.45, 7) is 8.14. The summed E-state index contributed by atoms with van der Waals surface area (Å²) in [7, 11) is 0. The largest absolute Gasteiger partial charge is 0.353 e. The molecule has 6 nitrogen and oxygen atoms in total. The molecule has 1 unspecified atom stereocenters. The van der Waals surface area contributed by atoms with Gasteiger partial charge >= 0.3 is 0 Å². The number of likely N-dealkylation sites (tertiary alicyclic amines) is 1. The summed E-state index contributed by atoms with van der Waals surface area (Å²) in [5.41, 5.74) is 4.55. The van der Waals surface area contributed by atoms with Crippen LogP contribution in [0.2, 0.25) is 0 Å². The molecule has 2 fully saturated rings. The van der Waals surface area contributed by atoms with Crippen molar-refractivity contribution in [1.29, 1.82) is 0 Å².